The first kappa shape index (κ1) is 50.6. The average molecular weight is 1130 g/mol. The molecule has 410 valence electrons. The van der Waals surface area contributed by atoms with Gasteiger partial charge in [0.15, 0.2) is 0 Å². The van der Waals surface area contributed by atoms with E-state index in [2.05, 4.69) is 272 Å². The summed E-state index contributed by atoms with van der Waals surface area (Å²) in [6.07, 6.45) is 6.37. The first-order chi connectivity index (χ1) is 41.7. The average Bonchev–Trinajstić information content (AvgIpc) is 0.921. The zero-order valence-electron chi connectivity index (χ0n) is 48.7. The minimum Gasteiger partial charge on any atom is -0.310 e. The Morgan fingerprint density at radius 1 is 0.376 bits per heavy atom. The second kappa shape index (κ2) is 19.3. The van der Waals surface area contributed by atoms with Gasteiger partial charge in [-0.25, -0.2) is 0 Å². The number of fused-ring (bicyclic) bond motifs is 16. The van der Waals surface area contributed by atoms with Gasteiger partial charge in [-0.2, -0.15) is 0 Å². The van der Waals surface area contributed by atoms with E-state index in [0.29, 0.717) is 0 Å². The minimum absolute atomic E-state index is 0.106. The van der Waals surface area contributed by atoms with Crippen molar-refractivity contribution in [3.8, 4) is 11.4 Å². The van der Waals surface area contributed by atoms with Crippen LogP contribution in [0.1, 0.15) is 77.0 Å². The van der Waals surface area contributed by atoms with Crippen molar-refractivity contribution in [2.45, 2.75) is 78.6 Å². The summed E-state index contributed by atoms with van der Waals surface area (Å²) in [6, 6.07) is 84.3. The van der Waals surface area contributed by atoms with Crippen LogP contribution in [-0.4, -0.2) is 15.8 Å². The SMILES string of the molecule is CCCCc1ccc2sc3ccccc3c2c1N1c2cc(-n3c4ccccc4c4ccccc43)ccc2B2c3ccc(-n4c5ccccc5c5ccccc54)cc3N(c3c(CCCC)ccc4sc5ccccc5c34)c3cc(C(C)(C)C)cc1c32. The van der Waals surface area contributed by atoms with E-state index >= 15 is 0 Å². The van der Waals surface area contributed by atoms with Crippen molar-refractivity contribution in [1.82, 2.24) is 9.13 Å². The van der Waals surface area contributed by atoms with Crippen molar-refractivity contribution in [2.75, 3.05) is 9.80 Å². The number of benzene rings is 11. The third-order valence-electron chi connectivity index (χ3n) is 18.8. The zero-order valence-corrected chi connectivity index (χ0v) is 50.3. The van der Waals surface area contributed by atoms with Crippen molar-refractivity contribution >= 4 is 164 Å². The maximum Gasteiger partial charge on any atom is 0.252 e. The van der Waals surface area contributed by atoms with Crippen LogP contribution in [0.25, 0.3) is 95.3 Å². The van der Waals surface area contributed by atoms with Crippen LogP contribution in [0, 0.1) is 0 Å². The normalized spacial score (nSPS) is 13.2. The summed E-state index contributed by atoms with van der Waals surface area (Å²) >= 11 is 3.85. The van der Waals surface area contributed by atoms with Gasteiger partial charge in [0.1, 0.15) is 0 Å². The summed E-state index contributed by atoms with van der Waals surface area (Å²) in [4.78, 5) is 5.58. The Morgan fingerprint density at radius 3 is 1.14 bits per heavy atom. The molecular weight excluding hydrogens is 1070 g/mol. The summed E-state index contributed by atoms with van der Waals surface area (Å²) in [7, 11) is 0. The number of unbranched alkanes of at least 4 members (excludes halogenated alkanes) is 2. The lowest BCUT2D eigenvalue weighted by Gasteiger charge is -2.46. The number of anilines is 6. The molecule has 0 atom stereocenters. The fraction of sp³-hybridized carbons (Fsp3) is 0.154. The highest BCUT2D eigenvalue weighted by Gasteiger charge is 2.46. The van der Waals surface area contributed by atoms with Gasteiger partial charge in [0.2, 0.25) is 0 Å². The quantitative estimate of drug-likeness (QED) is 0.127. The van der Waals surface area contributed by atoms with Crippen molar-refractivity contribution in [1.29, 1.82) is 0 Å². The molecular formula is C78H63BN4S2. The highest BCUT2D eigenvalue weighted by molar-refractivity contribution is 7.26. The Balaban J connectivity index is 1.05. The van der Waals surface area contributed by atoms with E-state index in [0.717, 1.165) is 49.9 Å². The molecule has 0 radical (unpaired) electrons. The molecule has 17 rings (SSSR count). The Morgan fingerprint density at radius 2 is 0.753 bits per heavy atom. The van der Waals surface area contributed by atoms with Crippen LogP contribution in [-0.2, 0) is 18.3 Å². The number of aryl methyl sites for hydroxylation is 2. The summed E-state index contributed by atoms with van der Waals surface area (Å²) in [5, 5.41) is 10.4. The number of aromatic nitrogens is 2. The van der Waals surface area contributed by atoms with Gasteiger partial charge in [-0.1, -0.05) is 181 Å². The largest absolute Gasteiger partial charge is 0.310 e. The first-order valence-electron chi connectivity index (χ1n) is 30.7. The lowest BCUT2D eigenvalue weighted by molar-refractivity contribution is 0.590. The van der Waals surface area contributed by atoms with Crippen LogP contribution >= 0.6 is 22.7 Å². The lowest BCUT2D eigenvalue weighted by atomic mass is 9.33. The smallest absolute Gasteiger partial charge is 0.252 e. The van der Waals surface area contributed by atoms with Crippen molar-refractivity contribution < 1.29 is 0 Å². The van der Waals surface area contributed by atoms with Crippen LogP contribution in [0.2, 0.25) is 0 Å². The van der Waals surface area contributed by atoms with Gasteiger partial charge >= 0.3 is 0 Å². The van der Waals surface area contributed by atoms with E-state index in [1.807, 2.05) is 22.7 Å². The van der Waals surface area contributed by atoms with Gasteiger partial charge in [-0.3, -0.25) is 0 Å². The standard InChI is InChI=1S/C78H63BN4S2/c1-6-8-22-48-36-42-71-73(57-28-14-20-34-69(57)84-71)76(48)82-65-46-51(80-61-30-16-10-24-53(61)54-25-11-17-31-62(54)80)38-40-59(65)79-60-41-39-52(81-63-32-18-12-26-55(63)56-27-13-19-33-64(56)81)47-66(60)83(68-45-50(78(3,4)5)44-67(82)75(68)79)77-49(23-9-7-2)37-43-72-74(77)58-29-15-21-35-70(58)85-72/h10-21,24-47H,6-9,22-23H2,1-5H3. The zero-order chi connectivity index (χ0) is 56.8. The Bertz CT molecular complexity index is 4830. The molecule has 11 aromatic carbocycles. The van der Waals surface area contributed by atoms with Crippen LogP contribution in [0.3, 0.4) is 0 Å². The van der Waals surface area contributed by atoms with Crippen LogP contribution < -0.4 is 26.2 Å². The van der Waals surface area contributed by atoms with Gasteiger partial charge in [-0.05, 0) is 149 Å². The van der Waals surface area contributed by atoms with Gasteiger partial charge in [-0.15, -0.1) is 22.7 Å². The molecule has 4 nitrogen and oxygen atoms in total. The third-order valence-corrected chi connectivity index (χ3v) is 21.1. The van der Waals surface area contributed by atoms with Crippen molar-refractivity contribution in [3.05, 3.63) is 235 Å². The monoisotopic (exact) mass is 1130 g/mol. The fourth-order valence-corrected chi connectivity index (χ4v) is 17.1. The summed E-state index contributed by atoms with van der Waals surface area (Å²) < 4.78 is 10.3. The molecule has 15 aromatic rings. The van der Waals surface area contributed by atoms with Crippen LogP contribution in [0.5, 0.6) is 0 Å². The second-order valence-corrected chi connectivity index (χ2v) is 27.0. The topological polar surface area (TPSA) is 16.3 Å². The molecule has 0 amide bonds. The number of thiophene rings is 2. The highest BCUT2D eigenvalue weighted by atomic mass is 32.1. The maximum absolute atomic E-state index is 2.79. The second-order valence-electron chi connectivity index (χ2n) is 24.8. The number of hydrogen-bond acceptors (Lipinski definition) is 4. The molecule has 7 heteroatoms. The Kier molecular flexibility index (Phi) is 11.5. The fourth-order valence-electron chi connectivity index (χ4n) is 14.9. The van der Waals surface area contributed by atoms with Gasteiger partial charge in [0, 0.05) is 96.0 Å². The van der Waals surface area contributed by atoms with Crippen LogP contribution in [0.15, 0.2) is 218 Å². The molecule has 2 aliphatic rings. The van der Waals surface area contributed by atoms with E-state index in [4.69, 9.17) is 0 Å². The summed E-state index contributed by atoms with van der Waals surface area (Å²) in [5.74, 6) is 0. The molecule has 0 spiro atoms. The number of para-hydroxylation sites is 4. The van der Waals surface area contributed by atoms with E-state index in [1.165, 1.54) is 151 Å². The molecule has 6 heterocycles. The predicted octanol–water partition coefficient (Wildman–Crippen LogP) is 20.7. The summed E-state index contributed by atoms with van der Waals surface area (Å²) in [5.41, 5.74) is 22.6. The molecule has 0 saturated heterocycles. The molecule has 0 bridgehead atoms. The lowest BCUT2D eigenvalue weighted by Crippen LogP contribution is -2.61. The number of rotatable bonds is 10. The van der Waals surface area contributed by atoms with Gasteiger partial charge < -0.3 is 18.9 Å². The van der Waals surface area contributed by atoms with Gasteiger partial charge in [0.05, 0.1) is 33.4 Å². The first-order valence-corrected chi connectivity index (χ1v) is 32.3. The molecule has 85 heavy (non-hydrogen) atoms. The molecule has 0 saturated carbocycles. The van der Waals surface area contributed by atoms with E-state index in [1.54, 1.807) is 0 Å². The van der Waals surface area contributed by atoms with E-state index < -0.39 is 0 Å². The van der Waals surface area contributed by atoms with Crippen molar-refractivity contribution in [3.63, 3.8) is 0 Å². The van der Waals surface area contributed by atoms with Crippen molar-refractivity contribution in [2.24, 2.45) is 0 Å². The Hall–Kier alpha value is -8.88. The third kappa shape index (κ3) is 7.52. The molecule has 0 aliphatic carbocycles. The predicted molar refractivity (Wildman–Crippen MR) is 371 cm³/mol. The highest BCUT2D eigenvalue weighted by Crippen LogP contribution is 2.54. The molecule has 4 aromatic heterocycles. The molecule has 0 unspecified atom stereocenters. The Labute approximate surface area is 504 Å². The van der Waals surface area contributed by atoms with Crippen LogP contribution in [0.4, 0.5) is 34.1 Å². The van der Waals surface area contributed by atoms with E-state index in [9.17, 15) is 0 Å². The summed E-state index contributed by atoms with van der Waals surface area (Å²) in [6.45, 7) is 11.8. The van der Waals surface area contributed by atoms with E-state index in [-0.39, 0.29) is 12.1 Å². The number of nitrogens with zero attached hydrogens (tertiary/aromatic N) is 4. The minimum atomic E-state index is -0.215. The maximum atomic E-state index is 2.79. The molecule has 0 N–H and O–H groups in total. The van der Waals surface area contributed by atoms with Gasteiger partial charge in [0.25, 0.3) is 6.71 Å². The number of hydrogen-bond donors (Lipinski definition) is 0. The molecule has 2 aliphatic heterocycles. The molecule has 0 fully saturated rings.